The van der Waals surface area contributed by atoms with Gasteiger partial charge in [-0.3, -0.25) is 4.79 Å². The van der Waals surface area contributed by atoms with Crippen molar-refractivity contribution in [1.29, 1.82) is 0 Å². The highest BCUT2D eigenvalue weighted by molar-refractivity contribution is 6.53. The highest BCUT2D eigenvalue weighted by Gasteiger charge is 2.68. The first kappa shape index (κ1) is 11.7. The van der Waals surface area contributed by atoms with Crippen molar-refractivity contribution in [2.75, 3.05) is 6.61 Å². The van der Waals surface area contributed by atoms with Crippen molar-refractivity contribution in [3.63, 3.8) is 0 Å². The first-order valence-corrected chi connectivity index (χ1v) is 5.82. The van der Waals surface area contributed by atoms with Crippen LogP contribution < -0.4 is 4.74 Å². The summed E-state index contributed by atoms with van der Waals surface area (Å²) in [5.41, 5.74) is -0.0723. The molecule has 1 atom stereocenters. The predicted molar refractivity (Wildman–Crippen MR) is 64.0 cm³/mol. The van der Waals surface area contributed by atoms with Crippen LogP contribution in [-0.2, 0) is 10.2 Å². The average Bonchev–Trinajstić information content (AvgIpc) is 2.84. The summed E-state index contributed by atoms with van der Waals surface area (Å²) in [7, 11) is 0. The highest BCUT2D eigenvalue weighted by Crippen LogP contribution is 2.63. The summed E-state index contributed by atoms with van der Waals surface area (Å²) in [6.45, 7) is 2.53. The van der Waals surface area contributed by atoms with Crippen LogP contribution in [0.4, 0.5) is 0 Å². The van der Waals surface area contributed by atoms with Gasteiger partial charge in [-0.2, -0.15) is 0 Å². The summed E-state index contributed by atoms with van der Waals surface area (Å²) >= 11 is 11.9. The third-order valence-corrected chi connectivity index (χ3v) is 3.73. The molecule has 0 amide bonds. The fraction of sp³-hybridized carbons (Fsp3) is 0.417. The van der Waals surface area contributed by atoms with Crippen LogP contribution in [0.2, 0.25) is 0 Å². The summed E-state index contributed by atoms with van der Waals surface area (Å²) < 4.78 is 4.30. The molecule has 1 aromatic rings. The summed E-state index contributed by atoms with van der Waals surface area (Å²) in [5, 5.41) is 0. The van der Waals surface area contributed by atoms with Crippen molar-refractivity contribution in [3.05, 3.63) is 29.8 Å². The number of hydrogen-bond donors (Lipinski definition) is 0. The smallest absolute Gasteiger partial charge is 0.213 e. The maximum atomic E-state index is 11.0. The number of benzene rings is 1. The van der Waals surface area contributed by atoms with E-state index in [-0.39, 0.29) is 0 Å². The lowest BCUT2D eigenvalue weighted by atomic mass is 9.98. The zero-order chi connectivity index (χ0) is 11.8. The van der Waals surface area contributed by atoms with E-state index in [4.69, 9.17) is 27.9 Å². The Labute approximate surface area is 104 Å². The van der Waals surface area contributed by atoms with E-state index in [0.717, 1.165) is 11.3 Å². The van der Waals surface area contributed by atoms with Crippen LogP contribution in [0.1, 0.15) is 18.9 Å². The first-order valence-electron chi connectivity index (χ1n) is 5.06. The Bertz CT molecular complexity index is 400. The van der Waals surface area contributed by atoms with E-state index in [9.17, 15) is 4.79 Å². The Kier molecular flexibility index (Phi) is 2.89. The number of rotatable bonds is 4. The molecule has 1 aromatic carbocycles. The third-order valence-electron chi connectivity index (χ3n) is 2.82. The zero-order valence-electron chi connectivity index (χ0n) is 8.80. The van der Waals surface area contributed by atoms with Gasteiger partial charge in [0.2, 0.25) is 6.29 Å². The van der Waals surface area contributed by atoms with Crippen LogP contribution in [0.5, 0.6) is 5.75 Å². The van der Waals surface area contributed by atoms with E-state index in [0.29, 0.717) is 13.0 Å². The minimum Gasteiger partial charge on any atom is -0.494 e. The van der Waals surface area contributed by atoms with Gasteiger partial charge in [-0.05, 0) is 24.6 Å². The molecule has 2 rings (SSSR count). The van der Waals surface area contributed by atoms with Crippen molar-refractivity contribution < 1.29 is 9.53 Å². The van der Waals surface area contributed by atoms with E-state index >= 15 is 0 Å². The molecule has 1 radical (unpaired) electrons. The molecular formula is C12H11Cl2O2. The normalized spacial score (nSPS) is 26.2. The molecule has 1 unspecified atom stereocenters. The molecule has 1 saturated carbocycles. The number of ether oxygens (including phenoxy) is 1. The number of hydrogen-bond acceptors (Lipinski definition) is 2. The molecule has 0 heterocycles. The third kappa shape index (κ3) is 1.70. The van der Waals surface area contributed by atoms with Gasteiger partial charge in [-0.15, -0.1) is 23.2 Å². The summed E-state index contributed by atoms with van der Waals surface area (Å²) in [6, 6.07) is 7.23. The Balaban J connectivity index is 2.26. The fourth-order valence-electron chi connectivity index (χ4n) is 1.77. The van der Waals surface area contributed by atoms with Crippen molar-refractivity contribution >= 4 is 29.5 Å². The Morgan fingerprint density at radius 1 is 1.38 bits per heavy atom. The van der Waals surface area contributed by atoms with E-state index in [1.54, 1.807) is 12.1 Å². The van der Waals surface area contributed by atoms with Crippen LogP contribution in [-0.4, -0.2) is 17.2 Å². The lowest BCUT2D eigenvalue weighted by Gasteiger charge is -2.11. The van der Waals surface area contributed by atoms with Gasteiger partial charge in [-0.25, -0.2) is 0 Å². The minimum atomic E-state index is -1.01. The minimum absolute atomic E-state index is 0.417. The first-order chi connectivity index (χ1) is 7.55. The highest BCUT2D eigenvalue weighted by atomic mass is 35.5. The van der Waals surface area contributed by atoms with Crippen LogP contribution in [0.15, 0.2) is 24.3 Å². The zero-order valence-corrected chi connectivity index (χ0v) is 10.3. The summed E-state index contributed by atoms with van der Waals surface area (Å²) in [5.74, 6) is 0.766. The fourth-order valence-corrected chi connectivity index (χ4v) is 2.47. The molecule has 1 aliphatic carbocycles. The standard InChI is InChI=1S/C12H11Cl2O2/c1-2-16-10-5-3-9(4-6-10)11(8-15)7-12(11,13)14/h3-6H,2,7H2,1H3. The lowest BCUT2D eigenvalue weighted by molar-refractivity contribution is 0.340. The van der Waals surface area contributed by atoms with Crippen molar-refractivity contribution in [2.24, 2.45) is 0 Å². The summed E-state index contributed by atoms with van der Waals surface area (Å²) in [4.78, 5) is 11.0. The van der Waals surface area contributed by atoms with Crippen LogP contribution >= 0.6 is 23.2 Å². The van der Waals surface area contributed by atoms with Crippen molar-refractivity contribution in [2.45, 2.75) is 23.1 Å². The Morgan fingerprint density at radius 2 is 1.94 bits per heavy atom. The molecule has 0 saturated heterocycles. The van der Waals surface area contributed by atoms with Crippen molar-refractivity contribution in [1.82, 2.24) is 0 Å². The maximum absolute atomic E-state index is 11.0. The molecule has 85 valence electrons. The Hall–Kier alpha value is -0.730. The van der Waals surface area contributed by atoms with E-state index in [1.807, 2.05) is 25.3 Å². The molecule has 0 N–H and O–H groups in total. The lowest BCUT2D eigenvalue weighted by Crippen LogP contribution is -2.16. The van der Waals surface area contributed by atoms with Gasteiger partial charge in [0, 0.05) is 6.42 Å². The largest absolute Gasteiger partial charge is 0.494 e. The number of carbonyl (C=O) groups excluding carboxylic acids is 1. The van der Waals surface area contributed by atoms with Gasteiger partial charge in [0.15, 0.2) is 0 Å². The van der Waals surface area contributed by atoms with Gasteiger partial charge in [-0.1, -0.05) is 12.1 Å². The van der Waals surface area contributed by atoms with E-state index in [1.165, 1.54) is 0 Å². The Morgan fingerprint density at radius 3 is 2.31 bits per heavy atom. The van der Waals surface area contributed by atoms with Crippen LogP contribution in [0, 0.1) is 0 Å². The topological polar surface area (TPSA) is 26.3 Å². The van der Waals surface area contributed by atoms with Gasteiger partial charge >= 0.3 is 0 Å². The quantitative estimate of drug-likeness (QED) is 0.776. The SMILES string of the molecule is CCOc1ccc(C2([C]=O)CC2(Cl)Cl)cc1. The molecular weight excluding hydrogens is 247 g/mol. The predicted octanol–water partition coefficient (Wildman–Crippen LogP) is 3.01. The van der Waals surface area contributed by atoms with Gasteiger partial charge in [0.25, 0.3) is 0 Å². The van der Waals surface area contributed by atoms with Crippen LogP contribution in [0.25, 0.3) is 0 Å². The molecule has 16 heavy (non-hydrogen) atoms. The van der Waals surface area contributed by atoms with E-state index in [2.05, 4.69) is 0 Å². The molecule has 4 heteroatoms. The van der Waals surface area contributed by atoms with Gasteiger partial charge in [0.1, 0.15) is 10.1 Å². The second-order valence-corrected chi connectivity index (χ2v) is 5.33. The van der Waals surface area contributed by atoms with Gasteiger partial charge in [0.05, 0.1) is 12.0 Å². The maximum Gasteiger partial charge on any atom is 0.213 e. The molecule has 0 aromatic heterocycles. The monoisotopic (exact) mass is 257 g/mol. The number of halogens is 2. The molecule has 0 aliphatic heterocycles. The average molecular weight is 258 g/mol. The molecule has 0 bridgehead atoms. The molecule has 1 fully saturated rings. The van der Waals surface area contributed by atoms with Crippen LogP contribution in [0.3, 0.4) is 0 Å². The second kappa shape index (κ2) is 3.94. The molecule has 0 spiro atoms. The molecule has 2 nitrogen and oxygen atoms in total. The molecule has 1 aliphatic rings. The van der Waals surface area contributed by atoms with E-state index < -0.39 is 9.75 Å². The van der Waals surface area contributed by atoms with Gasteiger partial charge < -0.3 is 4.74 Å². The number of alkyl halides is 2. The van der Waals surface area contributed by atoms with Crippen molar-refractivity contribution in [3.8, 4) is 5.75 Å². The second-order valence-electron chi connectivity index (χ2n) is 3.85. The summed E-state index contributed by atoms with van der Waals surface area (Å²) in [6.07, 6.45) is 2.37.